The Morgan fingerprint density at radius 3 is 2.63 bits per heavy atom. The van der Waals surface area contributed by atoms with Crippen molar-refractivity contribution in [2.24, 2.45) is 5.84 Å². The van der Waals surface area contributed by atoms with E-state index in [0.29, 0.717) is 18.5 Å². The smallest absolute Gasteiger partial charge is 0.159 e. The Morgan fingerprint density at radius 1 is 1.42 bits per heavy atom. The summed E-state index contributed by atoms with van der Waals surface area (Å²) in [6.45, 7) is 5.77. The van der Waals surface area contributed by atoms with E-state index in [2.05, 4.69) is 50.1 Å². The number of nitrogens with zero attached hydrogens (tertiary/aromatic N) is 3. The average molecular weight is 332 g/mol. The van der Waals surface area contributed by atoms with Gasteiger partial charge in [0.1, 0.15) is 16.6 Å². The minimum Gasteiger partial charge on any atom is -0.383 e. The monoisotopic (exact) mass is 331 g/mol. The van der Waals surface area contributed by atoms with E-state index >= 15 is 0 Å². The molecule has 0 aliphatic heterocycles. The van der Waals surface area contributed by atoms with Crippen molar-refractivity contribution in [2.75, 3.05) is 30.6 Å². The van der Waals surface area contributed by atoms with Crippen LogP contribution in [-0.4, -0.2) is 36.3 Å². The Balaban J connectivity index is 3.08. The zero-order valence-corrected chi connectivity index (χ0v) is 13.3. The Bertz CT molecular complexity index is 386. The minimum absolute atomic E-state index is 0.409. The lowest BCUT2D eigenvalue weighted by Gasteiger charge is -2.32. The highest BCUT2D eigenvalue weighted by Crippen LogP contribution is 2.31. The van der Waals surface area contributed by atoms with Gasteiger partial charge in [-0.3, -0.25) is 0 Å². The molecule has 0 saturated heterocycles. The van der Waals surface area contributed by atoms with Crippen LogP contribution in [0.3, 0.4) is 0 Å². The van der Waals surface area contributed by atoms with Gasteiger partial charge in [-0.15, -0.1) is 0 Å². The second-order valence-corrected chi connectivity index (χ2v) is 4.95. The van der Waals surface area contributed by atoms with Gasteiger partial charge in [0.25, 0.3) is 0 Å². The third-order valence-corrected chi connectivity index (χ3v) is 3.83. The van der Waals surface area contributed by atoms with E-state index in [1.165, 1.54) is 6.33 Å². The topological polar surface area (TPSA) is 76.3 Å². The number of aromatic nitrogens is 2. The molecule has 108 valence electrons. The second-order valence-electron chi connectivity index (χ2n) is 4.16. The number of halogens is 1. The van der Waals surface area contributed by atoms with Crippen LogP contribution < -0.4 is 16.2 Å². The molecule has 1 rings (SSSR count). The molecule has 0 spiro atoms. The van der Waals surface area contributed by atoms with Crippen LogP contribution in [0.15, 0.2) is 10.8 Å². The molecule has 0 fully saturated rings. The van der Waals surface area contributed by atoms with Gasteiger partial charge >= 0.3 is 0 Å². The van der Waals surface area contributed by atoms with E-state index in [-0.39, 0.29) is 0 Å². The lowest BCUT2D eigenvalue weighted by molar-refractivity contribution is 0.202. The molecule has 3 N–H and O–H groups in total. The standard InChI is InChI=1S/C12H22BrN5O/c1-4-9(5-2)18(6-7-19-3)12-10(13)11(17-14)15-8-16-12/h8-9H,4-7,14H2,1-3H3,(H,15,16,17). The summed E-state index contributed by atoms with van der Waals surface area (Å²) in [4.78, 5) is 10.7. The van der Waals surface area contributed by atoms with Gasteiger partial charge in [0.15, 0.2) is 5.82 Å². The Kier molecular flexibility index (Phi) is 7.04. The SMILES string of the molecule is CCC(CC)N(CCOC)c1ncnc(NN)c1Br. The van der Waals surface area contributed by atoms with Crippen molar-refractivity contribution in [3.05, 3.63) is 10.8 Å². The van der Waals surface area contributed by atoms with Crippen LogP contribution in [0.2, 0.25) is 0 Å². The summed E-state index contributed by atoms with van der Waals surface area (Å²) in [7, 11) is 1.70. The molecule has 6 nitrogen and oxygen atoms in total. The minimum atomic E-state index is 0.409. The number of nitrogens with one attached hydrogen (secondary N) is 1. The fraction of sp³-hybridized carbons (Fsp3) is 0.667. The number of methoxy groups -OCH3 is 1. The highest BCUT2D eigenvalue weighted by Gasteiger charge is 2.20. The lowest BCUT2D eigenvalue weighted by atomic mass is 10.1. The quantitative estimate of drug-likeness (QED) is 0.561. The number of hydrogen-bond acceptors (Lipinski definition) is 6. The van der Waals surface area contributed by atoms with Gasteiger partial charge in [-0.1, -0.05) is 13.8 Å². The molecule has 0 unspecified atom stereocenters. The molecule has 1 aromatic rings. The van der Waals surface area contributed by atoms with Crippen LogP contribution in [0.4, 0.5) is 11.6 Å². The van der Waals surface area contributed by atoms with E-state index in [0.717, 1.165) is 29.7 Å². The first-order valence-electron chi connectivity index (χ1n) is 6.42. The number of hydrogen-bond donors (Lipinski definition) is 2. The fourth-order valence-corrected chi connectivity index (χ4v) is 2.59. The molecule has 7 heteroatoms. The molecule has 0 amide bonds. The van der Waals surface area contributed by atoms with Gasteiger partial charge in [0.05, 0.1) is 6.61 Å². The van der Waals surface area contributed by atoms with Gasteiger partial charge in [-0.25, -0.2) is 15.8 Å². The highest BCUT2D eigenvalue weighted by atomic mass is 79.9. The summed E-state index contributed by atoms with van der Waals surface area (Å²) in [6.07, 6.45) is 3.60. The molecule has 1 aromatic heterocycles. The van der Waals surface area contributed by atoms with Crippen LogP contribution in [0.5, 0.6) is 0 Å². The predicted molar refractivity (Wildman–Crippen MR) is 81.1 cm³/mol. The third kappa shape index (κ3) is 4.02. The van der Waals surface area contributed by atoms with E-state index < -0.39 is 0 Å². The maximum atomic E-state index is 5.45. The summed E-state index contributed by atoms with van der Waals surface area (Å²) in [5, 5.41) is 0. The summed E-state index contributed by atoms with van der Waals surface area (Å²) in [5.41, 5.74) is 2.57. The average Bonchev–Trinajstić information content (AvgIpc) is 2.44. The maximum Gasteiger partial charge on any atom is 0.159 e. The molecule has 0 aliphatic rings. The largest absolute Gasteiger partial charge is 0.383 e. The number of nitrogens with two attached hydrogens (primary N) is 1. The van der Waals surface area contributed by atoms with E-state index in [4.69, 9.17) is 10.6 Å². The number of anilines is 2. The van der Waals surface area contributed by atoms with Gasteiger partial charge in [-0.05, 0) is 28.8 Å². The van der Waals surface area contributed by atoms with Crippen molar-refractivity contribution in [3.63, 3.8) is 0 Å². The fourth-order valence-electron chi connectivity index (χ4n) is 2.04. The molecule has 0 aromatic carbocycles. The normalized spacial score (nSPS) is 10.8. The van der Waals surface area contributed by atoms with Crippen LogP contribution >= 0.6 is 15.9 Å². The van der Waals surface area contributed by atoms with Crippen molar-refractivity contribution < 1.29 is 4.74 Å². The number of nitrogen functional groups attached to an aromatic ring is 1. The number of hydrazine groups is 1. The Morgan fingerprint density at radius 2 is 2.11 bits per heavy atom. The first kappa shape index (κ1) is 16.1. The van der Waals surface area contributed by atoms with E-state index in [1.54, 1.807) is 7.11 Å². The number of ether oxygens (including phenoxy) is 1. The van der Waals surface area contributed by atoms with Crippen LogP contribution in [0, 0.1) is 0 Å². The molecule has 0 bridgehead atoms. The van der Waals surface area contributed by atoms with Gasteiger partial charge in [0, 0.05) is 19.7 Å². The molecule has 19 heavy (non-hydrogen) atoms. The maximum absolute atomic E-state index is 5.45. The van der Waals surface area contributed by atoms with Crippen molar-refractivity contribution in [1.29, 1.82) is 0 Å². The molecule has 0 atom stereocenters. The van der Waals surface area contributed by atoms with E-state index in [9.17, 15) is 0 Å². The summed E-state index contributed by atoms with van der Waals surface area (Å²) in [6, 6.07) is 0.409. The van der Waals surface area contributed by atoms with Crippen LogP contribution in [-0.2, 0) is 4.74 Å². The molecular formula is C12H22BrN5O. The summed E-state index contributed by atoms with van der Waals surface area (Å²) in [5.74, 6) is 6.87. The predicted octanol–water partition coefficient (Wildman–Crippen LogP) is 2.17. The van der Waals surface area contributed by atoms with Crippen LogP contribution in [0.25, 0.3) is 0 Å². The van der Waals surface area contributed by atoms with Crippen molar-refractivity contribution in [2.45, 2.75) is 32.7 Å². The van der Waals surface area contributed by atoms with Crippen molar-refractivity contribution in [3.8, 4) is 0 Å². The summed E-state index contributed by atoms with van der Waals surface area (Å²) >= 11 is 3.51. The summed E-state index contributed by atoms with van der Waals surface area (Å²) < 4.78 is 5.97. The molecule has 1 heterocycles. The third-order valence-electron chi connectivity index (χ3n) is 3.10. The molecule has 0 radical (unpaired) electrons. The lowest BCUT2D eigenvalue weighted by Crippen LogP contribution is -2.38. The van der Waals surface area contributed by atoms with Crippen LogP contribution in [0.1, 0.15) is 26.7 Å². The first-order chi connectivity index (χ1) is 9.19. The molecule has 0 saturated carbocycles. The molecular weight excluding hydrogens is 310 g/mol. The Hall–Kier alpha value is -0.920. The Labute approximate surface area is 122 Å². The van der Waals surface area contributed by atoms with Crippen molar-refractivity contribution in [1.82, 2.24) is 9.97 Å². The second kappa shape index (κ2) is 8.29. The number of rotatable bonds is 8. The highest BCUT2D eigenvalue weighted by molar-refractivity contribution is 9.10. The first-order valence-corrected chi connectivity index (χ1v) is 7.21. The van der Waals surface area contributed by atoms with E-state index in [1.807, 2.05) is 0 Å². The van der Waals surface area contributed by atoms with Gasteiger partial charge in [0.2, 0.25) is 0 Å². The van der Waals surface area contributed by atoms with Gasteiger partial charge < -0.3 is 15.1 Å². The van der Waals surface area contributed by atoms with Gasteiger partial charge in [-0.2, -0.15) is 0 Å². The van der Waals surface area contributed by atoms with Crippen molar-refractivity contribution >= 4 is 27.6 Å². The molecule has 0 aliphatic carbocycles. The zero-order valence-electron chi connectivity index (χ0n) is 11.7. The zero-order chi connectivity index (χ0) is 14.3.